The fourth-order valence-corrected chi connectivity index (χ4v) is 2.71. The van der Waals surface area contributed by atoms with E-state index in [1.807, 2.05) is 42.5 Å². The Labute approximate surface area is 154 Å². The van der Waals surface area contributed by atoms with E-state index in [2.05, 4.69) is 15.9 Å². The van der Waals surface area contributed by atoms with Gasteiger partial charge in [-0.25, -0.2) is 4.79 Å². The quantitative estimate of drug-likeness (QED) is 0.260. The topological polar surface area (TPSA) is 43.4 Å². The number of carbonyl (C=O) groups is 2. The van der Waals surface area contributed by atoms with Gasteiger partial charge in [0, 0.05) is 5.56 Å². The molecule has 0 aliphatic rings. The van der Waals surface area contributed by atoms with Crippen molar-refractivity contribution in [1.82, 2.24) is 0 Å². The number of ether oxygens (including phenoxy) is 1. The number of hydrogen-bond acceptors (Lipinski definition) is 3. The van der Waals surface area contributed by atoms with Crippen LogP contribution in [0.5, 0.6) is 5.75 Å². The maximum atomic E-state index is 12.2. The molecule has 0 aromatic heterocycles. The highest BCUT2D eigenvalue weighted by Gasteiger charge is 2.10. The molecule has 124 valence electrons. The van der Waals surface area contributed by atoms with E-state index in [1.54, 1.807) is 36.4 Å². The molecule has 0 bridgehead atoms. The van der Waals surface area contributed by atoms with Gasteiger partial charge in [-0.1, -0.05) is 58.4 Å². The molecule has 3 nitrogen and oxygen atoms in total. The Balaban J connectivity index is 1.70. The molecule has 0 radical (unpaired) electrons. The van der Waals surface area contributed by atoms with Gasteiger partial charge in [-0.2, -0.15) is 0 Å². The zero-order valence-electron chi connectivity index (χ0n) is 13.3. The molecule has 3 aromatic carbocycles. The maximum Gasteiger partial charge on any atom is 0.343 e. The van der Waals surface area contributed by atoms with Crippen LogP contribution in [0.2, 0.25) is 0 Å². The van der Waals surface area contributed by atoms with Gasteiger partial charge >= 0.3 is 5.97 Å². The fraction of sp³-hybridized carbons (Fsp3) is 0.0476. The summed E-state index contributed by atoms with van der Waals surface area (Å²) in [5.74, 6) is -0.0446. The second-order valence-electron chi connectivity index (χ2n) is 5.41. The van der Waals surface area contributed by atoms with Crippen molar-refractivity contribution in [1.29, 1.82) is 0 Å². The SMILES string of the molecule is O=C(CBr)c1ccc(OC(=O)c2ccc(-c3ccccc3)cc2)cc1. The zero-order valence-corrected chi connectivity index (χ0v) is 14.9. The number of carbonyl (C=O) groups excluding carboxylic acids is 2. The predicted octanol–water partition coefficient (Wildman–Crippen LogP) is 5.15. The van der Waals surface area contributed by atoms with E-state index in [-0.39, 0.29) is 11.1 Å². The van der Waals surface area contributed by atoms with E-state index in [1.165, 1.54) is 0 Å². The van der Waals surface area contributed by atoms with Gasteiger partial charge < -0.3 is 4.74 Å². The van der Waals surface area contributed by atoms with Crippen LogP contribution >= 0.6 is 15.9 Å². The molecule has 0 aliphatic heterocycles. The van der Waals surface area contributed by atoms with Crippen molar-refractivity contribution in [2.75, 3.05) is 5.33 Å². The van der Waals surface area contributed by atoms with Gasteiger partial charge in [-0.15, -0.1) is 0 Å². The third-order valence-corrected chi connectivity index (χ3v) is 4.25. The van der Waals surface area contributed by atoms with Crippen molar-refractivity contribution in [3.63, 3.8) is 0 Å². The van der Waals surface area contributed by atoms with Crippen molar-refractivity contribution >= 4 is 27.7 Å². The zero-order chi connectivity index (χ0) is 17.6. The number of benzene rings is 3. The molecule has 0 amide bonds. The van der Waals surface area contributed by atoms with Crippen LogP contribution in [0.25, 0.3) is 11.1 Å². The van der Waals surface area contributed by atoms with Crippen molar-refractivity contribution in [2.24, 2.45) is 0 Å². The van der Waals surface area contributed by atoms with Gasteiger partial charge in [0.25, 0.3) is 0 Å². The van der Waals surface area contributed by atoms with Crippen molar-refractivity contribution in [2.45, 2.75) is 0 Å². The lowest BCUT2D eigenvalue weighted by Crippen LogP contribution is -2.08. The highest BCUT2D eigenvalue weighted by atomic mass is 79.9. The second kappa shape index (κ2) is 7.90. The first kappa shape index (κ1) is 17.1. The Morgan fingerprint density at radius 1 is 0.720 bits per heavy atom. The molecule has 0 unspecified atom stereocenters. The Hall–Kier alpha value is -2.72. The van der Waals surface area contributed by atoms with Crippen LogP contribution in [0.3, 0.4) is 0 Å². The van der Waals surface area contributed by atoms with Gasteiger partial charge in [0.15, 0.2) is 5.78 Å². The molecule has 0 atom stereocenters. The molecular weight excluding hydrogens is 380 g/mol. The van der Waals surface area contributed by atoms with E-state index < -0.39 is 5.97 Å². The van der Waals surface area contributed by atoms with E-state index in [4.69, 9.17) is 4.74 Å². The molecule has 4 heteroatoms. The van der Waals surface area contributed by atoms with Gasteiger partial charge in [0.1, 0.15) is 5.75 Å². The van der Waals surface area contributed by atoms with Crippen molar-refractivity contribution in [3.8, 4) is 16.9 Å². The Bertz CT molecular complexity index is 869. The average molecular weight is 395 g/mol. The minimum atomic E-state index is -0.431. The van der Waals surface area contributed by atoms with Crippen LogP contribution in [0.4, 0.5) is 0 Å². The second-order valence-corrected chi connectivity index (χ2v) is 5.97. The summed E-state index contributed by atoms with van der Waals surface area (Å²) in [7, 11) is 0. The molecule has 0 N–H and O–H groups in total. The standard InChI is InChI=1S/C21H15BrO3/c22-14-20(23)17-10-12-19(13-11-17)25-21(24)18-8-6-16(7-9-18)15-4-2-1-3-5-15/h1-13H,14H2. The van der Waals surface area contributed by atoms with Crippen LogP contribution in [0, 0.1) is 0 Å². The summed E-state index contributed by atoms with van der Waals surface area (Å²) in [6, 6.07) is 23.7. The smallest absolute Gasteiger partial charge is 0.343 e. The molecular formula is C21H15BrO3. The Morgan fingerprint density at radius 2 is 1.28 bits per heavy atom. The van der Waals surface area contributed by atoms with Gasteiger partial charge in [-0.05, 0) is 47.5 Å². The summed E-state index contributed by atoms with van der Waals surface area (Å²) in [4.78, 5) is 23.8. The molecule has 0 saturated carbocycles. The Morgan fingerprint density at radius 3 is 1.88 bits per heavy atom. The summed E-state index contributed by atoms with van der Waals surface area (Å²) in [5, 5.41) is 0.264. The number of rotatable bonds is 5. The molecule has 0 heterocycles. The summed E-state index contributed by atoms with van der Waals surface area (Å²) in [6.07, 6.45) is 0. The first-order valence-corrected chi connectivity index (χ1v) is 8.86. The summed E-state index contributed by atoms with van der Waals surface area (Å²) in [5.41, 5.74) is 3.17. The van der Waals surface area contributed by atoms with E-state index in [0.717, 1.165) is 11.1 Å². The number of Topliss-reactive ketones (excluding diaryl/α,β-unsaturated/α-hetero) is 1. The minimum Gasteiger partial charge on any atom is -0.423 e. The first-order chi connectivity index (χ1) is 12.2. The first-order valence-electron chi connectivity index (χ1n) is 7.74. The summed E-state index contributed by atoms with van der Waals surface area (Å²) >= 11 is 3.13. The molecule has 3 rings (SSSR count). The third kappa shape index (κ3) is 4.22. The van der Waals surface area contributed by atoms with Crippen LogP contribution < -0.4 is 4.74 Å². The summed E-state index contributed by atoms with van der Waals surface area (Å²) < 4.78 is 5.35. The normalized spacial score (nSPS) is 10.3. The Kier molecular flexibility index (Phi) is 5.41. The number of hydrogen-bond donors (Lipinski definition) is 0. The highest BCUT2D eigenvalue weighted by molar-refractivity contribution is 9.09. The molecule has 0 saturated heterocycles. The molecule has 25 heavy (non-hydrogen) atoms. The van der Waals surface area contributed by atoms with Crippen LogP contribution in [0.15, 0.2) is 78.9 Å². The lowest BCUT2D eigenvalue weighted by Gasteiger charge is -2.06. The number of esters is 1. The number of alkyl halides is 1. The lowest BCUT2D eigenvalue weighted by molar-refractivity contribution is 0.0734. The monoisotopic (exact) mass is 394 g/mol. The third-order valence-electron chi connectivity index (χ3n) is 3.74. The average Bonchev–Trinajstić information content (AvgIpc) is 2.68. The number of ketones is 1. The minimum absolute atomic E-state index is 0.0191. The van der Waals surface area contributed by atoms with E-state index >= 15 is 0 Å². The van der Waals surface area contributed by atoms with E-state index in [9.17, 15) is 9.59 Å². The lowest BCUT2D eigenvalue weighted by atomic mass is 10.0. The van der Waals surface area contributed by atoms with Gasteiger partial charge in [-0.3, -0.25) is 4.79 Å². The molecule has 0 fully saturated rings. The summed E-state index contributed by atoms with van der Waals surface area (Å²) in [6.45, 7) is 0. The van der Waals surface area contributed by atoms with E-state index in [0.29, 0.717) is 16.9 Å². The maximum absolute atomic E-state index is 12.2. The van der Waals surface area contributed by atoms with Gasteiger partial charge in [0.2, 0.25) is 0 Å². The van der Waals surface area contributed by atoms with Crippen LogP contribution in [-0.4, -0.2) is 17.1 Å². The molecule has 0 aliphatic carbocycles. The van der Waals surface area contributed by atoms with Crippen molar-refractivity contribution < 1.29 is 14.3 Å². The molecule has 0 spiro atoms. The molecule has 3 aromatic rings. The highest BCUT2D eigenvalue weighted by Crippen LogP contribution is 2.20. The van der Waals surface area contributed by atoms with Crippen LogP contribution in [-0.2, 0) is 0 Å². The van der Waals surface area contributed by atoms with Crippen molar-refractivity contribution in [3.05, 3.63) is 90.0 Å². The van der Waals surface area contributed by atoms with Gasteiger partial charge in [0.05, 0.1) is 10.9 Å². The predicted molar refractivity (Wildman–Crippen MR) is 101 cm³/mol. The largest absolute Gasteiger partial charge is 0.423 e. The van der Waals surface area contributed by atoms with Crippen LogP contribution in [0.1, 0.15) is 20.7 Å². The number of halogens is 1. The fourth-order valence-electron chi connectivity index (χ4n) is 2.38.